The fraction of sp³-hybridized carbons (Fsp3) is 0.471. The van der Waals surface area contributed by atoms with Crippen molar-refractivity contribution < 1.29 is 4.74 Å². The Hall–Kier alpha value is -2.37. The molecule has 6 heteroatoms. The van der Waals surface area contributed by atoms with Gasteiger partial charge in [0.15, 0.2) is 0 Å². The van der Waals surface area contributed by atoms with Crippen LogP contribution in [0.3, 0.4) is 0 Å². The number of rotatable bonds is 6. The molecule has 1 aromatic carbocycles. The normalized spacial score (nSPS) is 12.3. The minimum absolute atomic E-state index is 0.0395. The summed E-state index contributed by atoms with van der Waals surface area (Å²) in [6.45, 7) is 10.7. The first-order chi connectivity index (χ1) is 10.8. The van der Waals surface area contributed by atoms with Crippen LogP contribution in [0.2, 0.25) is 0 Å². The summed E-state index contributed by atoms with van der Waals surface area (Å²) in [6.07, 6.45) is 0. The second-order valence-corrected chi connectivity index (χ2v) is 6.21. The van der Waals surface area contributed by atoms with Crippen molar-refractivity contribution >= 4 is 11.9 Å². The number of hydrogen-bond acceptors (Lipinski definition) is 6. The van der Waals surface area contributed by atoms with Crippen LogP contribution < -0.4 is 15.8 Å². The minimum Gasteiger partial charge on any atom is -0.491 e. The van der Waals surface area contributed by atoms with Gasteiger partial charge in [0.25, 0.3) is 0 Å². The summed E-state index contributed by atoms with van der Waals surface area (Å²) in [6, 6.07) is 6.21. The average Bonchev–Trinajstić information content (AvgIpc) is 2.43. The van der Waals surface area contributed by atoms with Gasteiger partial charge >= 0.3 is 0 Å². The fourth-order valence-corrected chi connectivity index (χ4v) is 2.23. The Morgan fingerprint density at radius 3 is 2.30 bits per heavy atom. The third kappa shape index (κ3) is 5.09. The lowest BCUT2D eigenvalue weighted by Gasteiger charge is -2.16. The number of ether oxygens (including phenoxy) is 1. The van der Waals surface area contributed by atoms with E-state index in [1.165, 1.54) is 11.1 Å². The fourth-order valence-electron chi connectivity index (χ4n) is 2.23. The summed E-state index contributed by atoms with van der Waals surface area (Å²) in [5.74, 6) is 2.46. The highest BCUT2D eigenvalue weighted by Crippen LogP contribution is 2.17. The highest BCUT2D eigenvalue weighted by Gasteiger charge is 2.11. The summed E-state index contributed by atoms with van der Waals surface area (Å²) < 4.78 is 5.84. The Kier molecular flexibility index (Phi) is 5.36. The van der Waals surface area contributed by atoms with Gasteiger partial charge < -0.3 is 15.8 Å². The number of anilines is 2. The van der Waals surface area contributed by atoms with Crippen LogP contribution in [0.15, 0.2) is 18.2 Å². The Bertz CT molecular complexity index is 652. The zero-order chi connectivity index (χ0) is 17.0. The minimum atomic E-state index is 0.0395. The first-order valence-corrected chi connectivity index (χ1v) is 7.82. The van der Waals surface area contributed by atoms with E-state index in [1.54, 1.807) is 0 Å². The molecule has 3 N–H and O–H groups in total. The molecule has 6 nitrogen and oxygen atoms in total. The molecule has 2 aromatic rings. The van der Waals surface area contributed by atoms with E-state index in [4.69, 9.17) is 10.5 Å². The molecule has 0 bridgehead atoms. The van der Waals surface area contributed by atoms with E-state index in [0.717, 1.165) is 5.75 Å². The van der Waals surface area contributed by atoms with E-state index >= 15 is 0 Å². The first kappa shape index (κ1) is 17.0. The van der Waals surface area contributed by atoms with Gasteiger partial charge in [0.1, 0.15) is 18.2 Å². The van der Waals surface area contributed by atoms with Gasteiger partial charge in [0.2, 0.25) is 11.9 Å². The molecule has 1 aromatic heterocycles. The number of nitrogen functional groups attached to an aromatic ring is 1. The second-order valence-electron chi connectivity index (χ2n) is 6.21. The lowest BCUT2D eigenvalue weighted by Crippen LogP contribution is -2.25. The standard InChI is InChI=1S/C17H25N5O/c1-10(2)15-20-16(18)22-17(21-15)19-13(5)9-23-14-7-11(3)6-12(4)8-14/h6-8,10,13H,9H2,1-5H3,(H3,18,19,20,21,22). The molecule has 1 atom stereocenters. The maximum absolute atomic E-state index is 5.84. The van der Waals surface area contributed by atoms with Crippen molar-refractivity contribution in [1.82, 2.24) is 15.0 Å². The SMILES string of the molecule is Cc1cc(C)cc(OCC(C)Nc2nc(N)nc(C(C)C)n2)c1. The van der Waals surface area contributed by atoms with Crippen molar-refractivity contribution in [3.05, 3.63) is 35.2 Å². The Labute approximate surface area is 137 Å². The molecule has 0 saturated carbocycles. The van der Waals surface area contributed by atoms with Crippen LogP contribution in [0.5, 0.6) is 5.75 Å². The molecule has 0 radical (unpaired) electrons. The predicted molar refractivity (Wildman–Crippen MR) is 92.8 cm³/mol. The average molecular weight is 315 g/mol. The van der Waals surface area contributed by atoms with Gasteiger partial charge in [-0.1, -0.05) is 19.9 Å². The zero-order valence-electron chi connectivity index (χ0n) is 14.4. The van der Waals surface area contributed by atoms with Gasteiger partial charge in [-0.3, -0.25) is 0 Å². The van der Waals surface area contributed by atoms with Crippen molar-refractivity contribution in [2.24, 2.45) is 0 Å². The summed E-state index contributed by atoms with van der Waals surface area (Å²) in [4.78, 5) is 12.7. The van der Waals surface area contributed by atoms with Crippen LogP contribution in [0, 0.1) is 13.8 Å². The number of nitrogens with two attached hydrogens (primary N) is 1. The maximum Gasteiger partial charge on any atom is 0.228 e. The first-order valence-electron chi connectivity index (χ1n) is 7.82. The number of benzene rings is 1. The van der Waals surface area contributed by atoms with E-state index in [1.807, 2.05) is 32.9 Å². The smallest absolute Gasteiger partial charge is 0.228 e. The molecule has 0 aliphatic carbocycles. The number of nitrogens with zero attached hydrogens (tertiary/aromatic N) is 3. The topological polar surface area (TPSA) is 86.0 Å². The van der Waals surface area contributed by atoms with Crippen molar-refractivity contribution in [2.75, 3.05) is 17.7 Å². The van der Waals surface area contributed by atoms with Crippen molar-refractivity contribution in [2.45, 2.75) is 46.6 Å². The van der Waals surface area contributed by atoms with Crippen LogP contribution in [-0.2, 0) is 0 Å². The summed E-state index contributed by atoms with van der Waals surface area (Å²) in [5.41, 5.74) is 8.11. The molecule has 2 rings (SSSR count). The van der Waals surface area contributed by atoms with Gasteiger partial charge in [0, 0.05) is 5.92 Å². The third-order valence-electron chi connectivity index (χ3n) is 3.26. The van der Waals surface area contributed by atoms with Crippen LogP contribution in [0.1, 0.15) is 43.6 Å². The van der Waals surface area contributed by atoms with E-state index in [2.05, 4.69) is 40.2 Å². The lowest BCUT2D eigenvalue weighted by molar-refractivity contribution is 0.303. The highest BCUT2D eigenvalue weighted by molar-refractivity contribution is 5.34. The number of hydrogen-bond donors (Lipinski definition) is 2. The maximum atomic E-state index is 5.84. The number of aryl methyl sites for hydroxylation is 2. The monoisotopic (exact) mass is 315 g/mol. The van der Waals surface area contributed by atoms with Crippen molar-refractivity contribution in [3.8, 4) is 5.75 Å². The molecule has 0 aliphatic rings. The largest absolute Gasteiger partial charge is 0.491 e. The quantitative estimate of drug-likeness (QED) is 0.852. The molecule has 1 unspecified atom stereocenters. The molecule has 0 fully saturated rings. The summed E-state index contributed by atoms with van der Waals surface area (Å²) in [5, 5.41) is 3.21. The van der Waals surface area contributed by atoms with Gasteiger partial charge in [-0.2, -0.15) is 15.0 Å². The number of aromatic nitrogens is 3. The molecular weight excluding hydrogens is 290 g/mol. The van der Waals surface area contributed by atoms with E-state index in [-0.39, 0.29) is 17.9 Å². The lowest BCUT2D eigenvalue weighted by atomic mass is 10.1. The van der Waals surface area contributed by atoms with E-state index < -0.39 is 0 Å². The molecule has 124 valence electrons. The molecular formula is C17H25N5O. The zero-order valence-corrected chi connectivity index (χ0v) is 14.4. The third-order valence-corrected chi connectivity index (χ3v) is 3.26. The van der Waals surface area contributed by atoms with Crippen molar-refractivity contribution in [1.29, 1.82) is 0 Å². The summed E-state index contributed by atoms with van der Waals surface area (Å²) in [7, 11) is 0. The second kappa shape index (κ2) is 7.26. The van der Waals surface area contributed by atoms with Crippen LogP contribution in [0.25, 0.3) is 0 Å². The van der Waals surface area contributed by atoms with Crippen LogP contribution in [0.4, 0.5) is 11.9 Å². The Morgan fingerprint density at radius 1 is 1.04 bits per heavy atom. The molecule has 0 aliphatic heterocycles. The Balaban J connectivity index is 1.98. The summed E-state index contributed by atoms with van der Waals surface area (Å²) >= 11 is 0. The van der Waals surface area contributed by atoms with Gasteiger partial charge in [-0.15, -0.1) is 0 Å². The van der Waals surface area contributed by atoms with E-state index in [0.29, 0.717) is 18.4 Å². The van der Waals surface area contributed by atoms with Gasteiger partial charge in [0.05, 0.1) is 6.04 Å². The van der Waals surface area contributed by atoms with Crippen LogP contribution in [-0.4, -0.2) is 27.6 Å². The van der Waals surface area contributed by atoms with Gasteiger partial charge in [-0.05, 0) is 44.0 Å². The van der Waals surface area contributed by atoms with Crippen LogP contribution >= 0.6 is 0 Å². The highest BCUT2D eigenvalue weighted by atomic mass is 16.5. The van der Waals surface area contributed by atoms with Gasteiger partial charge in [-0.25, -0.2) is 0 Å². The Morgan fingerprint density at radius 2 is 1.70 bits per heavy atom. The molecule has 0 amide bonds. The molecule has 0 spiro atoms. The van der Waals surface area contributed by atoms with Crippen molar-refractivity contribution in [3.63, 3.8) is 0 Å². The van der Waals surface area contributed by atoms with E-state index in [9.17, 15) is 0 Å². The number of nitrogens with one attached hydrogen (secondary N) is 1. The molecule has 0 saturated heterocycles. The molecule has 23 heavy (non-hydrogen) atoms. The predicted octanol–water partition coefficient (Wildman–Crippen LogP) is 3.07. The molecule has 1 heterocycles.